The third-order valence-corrected chi connectivity index (χ3v) is 5.12. The van der Waals surface area contributed by atoms with Gasteiger partial charge in [0.25, 0.3) is 0 Å². The molecule has 0 atom stereocenters. The van der Waals surface area contributed by atoms with Crippen molar-refractivity contribution in [3.8, 4) is 12.3 Å². The molecule has 0 aliphatic carbocycles. The fourth-order valence-electron chi connectivity index (χ4n) is 2.95. The highest BCUT2D eigenvalue weighted by molar-refractivity contribution is 7.92. The quantitative estimate of drug-likeness (QED) is 0.308. The van der Waals surface area contributed by atoms with Crippen LogP contribution in [0.25, 0.3) is 6.08 Å². The highest BCUT2D eigenvalue weighted by Crippen LogP contribution is 2.29. The van der Waals surface area contributed by atoms with Gasteiger partial charge in [0, 0.05) is 18.3 Å². The Balaban J connectivity index is 2.15. The lowest BCUT2D eigenvalue weighted by molar-refractivity contribution is -0.141. The monoisotopic (exact) mass is 497 g/mol. The predicted octanol–water partition coefficient (Wildman–Crippen LogP) is 4.26. The zero-order valence-electron chi connectivity index (χ0n) is 18.5. The first-order valence-electron chi connectivity index (χ1n) is 10.1. The van der Waals surface area contributed by atoms with Crippen LogP contribution in [-0.4, -0.2) is 25.6 Å². The summed E-state index contributed by atoms with van der Waals surface area (Å²) in [4.78, 5) is 15.9. The molecule has 34 heavy (non-hydrogen) atoms. The van der Waals surface area contributed by atoms with Crippen molar-refractivity contribution >= 4 is 27.7 Å². The van der Waals surface area contributed by atoms with Crippen LogP contribution in [-0.2, 0) is 34.0 Å². The van der Waals surface area contributed by atoms with E-state index in [1.807, 2.05) is 11.6 Å². The Morgan fingerprint density at radius 1 is 1.26 bits per heavy atom. The number of halogens is 4. The summed E-state index contributed by atoms with van der Waals surface area (Å²) in [5.41, 5.74) is -0.508. The summed E-state index contributed by atoms with van der Waals surface area (Å²) in [5.74, 6) is 0.704. The molecule has 0 radical (unpaired) electrons. The Bertz CT molecular complexity index is 1230. The minimum absolute atomic E-state index is 0.0402. The highest BCUT2D eigenvalue weighted by atomic mass is 32.2. The van der Waals surface area contributed by atoms with Crippen molar-refractivity contribution in [1.29, 1.82) is 0 Å². The lowest BCUT2D eigenvalue weighted by Gasteiger charge is -2.11. The van der Waals surface area contributed by atoms with Crippen LogP contribution in [0, 0.1) is 18.2 Å². The summed E-state index contributed by atoms with van der Waals surface area (Å²) in [6.45, 7) is 1.77. The minimum Gasteiger partial charge on any atom is -0.348 e. The SMILES string of the molecule is C#Cc1cc(CNC(=O)C=Cc2ccc(C(F)(F)F)nc2CCCC)cc(F)c1NS(C)(=O)=O. The number of hydrogen-bond acceptors (Lipinski definition) is 4. The van der Waals surface area contributed by atoms with Crippen molar-refractivity contribution in [1.82, 2.24) is 10.3 Å². The van der Waals surface area contributed by atoms with Gasteiger partial charge in [-0.15, -0.1) is 6.42 Å². The van der Waals surface area contributed by atoms with Crippen LogP contribution in [0.5, 0.6) is 0 Å². The van der Waals surface area contributed by atoms with E-state index >= 15 is 0 Å². The number of unbranched alkanes of at least 4 members (excludes halogenated alkanes) is 1. The first-order chi connectivity index (χ1) is 15.8. The maximum absolute atomic E-state index is 14.3. The van der Waals surface area contributed by atoms with E-state index in [1.54, 1.807) is 0 Å². The molecule has 1 amide bonds. The average Bonchev–Trinajstić information content (AvgIpc) is 2.75. The molecule has 0 spiro atoms. The first-order valence-corrected chi connectivity index (χ1v) is 12.0. The normalized spacial score (nSPS) is 11.9. The van der Waals surface area contributed by atoms with E-state index in [-0.39, 0.29) is 29.1 Å². The number of amides is 1. The molecular weight excluding hydrogens is 474 g/mol. The number of nitrogens with one attached hydrogen (secondary N) is 2. The molecular formula is C23H23F4N3O3S. The van der Waals surface area contributed by atoms with Gasteiger partial charge in [-0.05, 0) is 48.2 Å². The van der Waals surface area contributed by atoms with Crippen LogP contribution in [0.15, 0.2) is 30.3 Å². The number of alkyl halides is 3. The van der Waals surface area contributed by atoms with Crippen molar-refractivity contribution in [2.75, 3.05) is 11.0 Å². The van der Waals surface area contributed by atoms with E-state index in [9.17, 15) is 30.8 Å². The molecule has 2 aromatic rings. The number of terminal acetylenes is 1. The van der Waals surface area contributed by atoms with Crippen LogP contribution in [0.3, 0.4) is 0 Å². The zero-order valence-corrected chi connectivity index (χ0v) is 19.3. The molecule has 0 fully saturated rings. The standard InChI is InChI=1S/C23H23F4N3O3S/c1-4-6-7-19-17(8-10-20(29-19)23(25,26)27)9-11-21(31)28-14-15-12-16(5-2)22(18(24)13-15)30-34(3,32)33/h2,8-13,30H,4,6-7,14H2,1,3H3,(H,28,31). The Morgan fingerprint density at radius 3 is 2.56 bits per heavy atom. The fourth-order valence-corrected chi connectivity index (χ4v) is 3.53. The lowest BCUT2D eigenvalue weighted by atomic mass is 10.1. The van der Waals surface area contributed by atoms with Crippen LogP contribution in [0.4, 0.5) is 23.2 Å². The highest BCUT2D eigenvalue weighted by Gasteiger charge is 2.32. The fraction of sp³-hybridized carbons (Fsp3) is 0.304. The van der Waals surface area contributed by atoms with Gasteiger partial charge in [0.15, 0.2) is 0 Å². The molecule has 0 saturated carbocycles. The van der Waals surface area contributed by atoms with Crippen molar-refractivity contribution < 1.29 is 30.8 Å². The first kappa shape index (κ1) is 26.9. The molecule has 1 heterocycles. The zero-order chi connectivity index (χ0) is 25.5. The number of hydrogen-bond donors (Lipinski definition) is 2. The van der Waals surface area contributed by atoms with Gasteiger partial charge < -0.3 is 5.32 Å². The number of nitrogens with zero attached hydrogens (tertiary/aromatic N) is 1. The predicted molar refractivity (Wildman–Crippen MR) is 122 cm³/mol. The maximum Gasteiger partial charge on any atom is 0.433 e. The summed E-state index contributed by atoms with van der Waals surface area (Å²) in [6.07, 6.45) is 5.83. The summed E-state index contributed by atoms with van der Waals surface area (Å²) >= 11 is 0. The largest absolute Gasteiger partial charge is 0.433 e. The third kappa shape index (κ3) is 7.88. The molecule has 2 rings (SSSR count). The van der Waals surface area contributed by atoms with Crippen LogP contribution >= 0.6 is 0 Å². The van der Waals surface area contributed by atoms with Gasteiger partial charge >= 0.3 is 6.18 Å². The number of carbonyl (C=O) groups excluding carboxylic acids is 1. The molecule has 1 aromatic heterocycles. The van der Waals surface area contributed by atoms with Gasteiger partial charge in [-0.1, -0.05) is 25.3 Å². The molecule has 0 bridgehead atoms. The van der Waals surface area contributed by atoms with Crippen molar-refractivity contribution in [3.05, 3.63) is 64.2 Å². The van der Waals surface area contributed by atoms with Crippen LogP contribution in [0.1, 0.15) is 47.8 Å². The van der Waals surface area contributed by atoms with Crippen molar-refractivity contribution in [2.24, 2.45) is 0 Å². The van der Waals surface area contributed by atoms with E-state index in [0.29, 0.717) is 18.4 Å². The maximum atomic E-state index is 14.3. The van der Waals surface area contributed by atoms with Crippen LogP contribution < -0.4 is 10.0 Å². The number of pyridine rings is 1. The van der Waals surface area contributed by atoms with Gasteiger partial charge in [0.2, 0.25) is 15.9 Å². The minimum atomic E-state index is -4.57. The Hall–Kier alpha value is -3.39. The number of aromatic nitrogens is 1. The second kappa shape index (κ2) is 11.2. The number of rotatable bonds is 9. The third-order valence-electron chi connectivity index (χ3n) is 4.54. The number of aryl methyl sites for hydroxylation is 1. The molecule has 11 heteroatoms. The molecule has 0 aliphatic heterocycles. The lowest BCUT2D eigenvalue weighted by Crippen LogP contribution is -2.21. The molecule has 0 saturated heterocycles. The number of benzene rings is 1. The molecule has 0 aliphatic rings. The van der Waals surface area contributed by atoms with Gasteiger partial charge in [-0.3, -0.25) is 9.52 Å². The second-order valence-electron chi connectivity index (χ2n) is 7.40. The second-order valence-corrected chi connectivity index (χ2v) is 9.15. The van der Waals surface area contributed by atoms with E-state index in [4.69, 9.17) is 6.42 Å². The Kier molecular flexibility index (Phi) is 8.81. The van der Waals surface area contributed by atoms with Gasteiger partial charge in [0.1, 0.15) is 11.5 Å². The van der Waals surface area contributed by atoms with Gasteiger partial charge in [-0.25, -0.2) is 17.8 Å². The molecule has 1 aromatic carbocycles. The summed E-state index contributed by atoms with van der Waals surface area (Å²) in [7, 11) is -3.76. The average molecular weight is 498 g/mol. The number of sulfonamides is 1. The smallest absolute Gasteiger partial charge is 0.348 e. The van der Waals surface area contributed by atoms with Crippen LogP contribution in [0.2, 0.25) is 0 Å². The summed E-state index contributed by atoms with van der Waals surface area (Å²) in [6, 6.07) is 4.49. The van der Waals surface area contributed by atoms with E-state index in [2.05, 4.69) is 16.2 Å². The van der Waals surface area contributed by atoms with E-state index < -0.39 is 33.6 Å². The number of anilines is 1. The van der Waals surface area contributed by atoms with Gasteiger partial charge in [-0.2, -0.15) is 13.2 Å². The Morgan fingerprint density at radius 2 is 1.97 bits per heavy atom. The van der Waals surface area contributed by atoms with E-state index in [1.165, 1.54) is 18.2 Å². The summed E-state index contributed by atoms with van der Waals surface area (Å²) < 4.78 is 78.0. The molecule has 182 valence electrons. The Labute approximate surface area is 195 Å². The van der Waals surface area contributed by atoms with Crippen molar-refractivity contribution in [3.63, 3.8) is 0 Å². The summed E-state index contributed by atoms with van der Waals surface area (Å²) in [5, 5.41) is 2.51. The molecule has 0 unspecified atom stereocenters. The van der Waals surface area contributed by atoms with Gasteiger partial charge in [0.05, 0.1) is 17.5 Å². The molecule has 6 nitrogen and oxygen atoms in total. The van der Waals surface area contributed by atoms with Crippen molar-refractivity contribution in [2.45, 2.75) is 38.9 Å². The topological polar surface area (TPSA) is 88.2 Å². The molecule has 2 N–H and O–H groups in total. The van der Waals surface area contributed by atoms with E-state index in [0.717, 1.165) is 30.9 Å². The number of carbonyl (C=O) groups is 1.